The molecule has 7 rings (SSSR count). The average molecular weight is 695 g/mol. The SMILES string of the molecule is O=C1[C@@H]2[C@H]3C=C[C@@H]([C@@H]4C[C@@H]34)[C@H]2C(=O)N1/N=C\c1cc(I)c(OCc2ccc([N+](=O)[O-])cc2)c(I)c1. The predicted octanol–water partition coefficient (Wildman–Crippen LogP) is 4.77. The van der Waals surface area contributed by atoms with Crippen LogP contribution in [0, 0.1) is 52.8 Å². The molecule has 3 fully saturated rings. The van der Waals surface area contributed by atoms with E-state index in [0.29, 0.717) is 17.6 Å². The second-order valence-corrected chi connectivity index (χ2v) is 11.7. The Morgan fingerprint density at radius 3 is 2.14 bits per heavy atom. The van der Waals surface area contributed by atoms with E-state index in [0.717, 1.165) is 29.7 Å². The number of non-ortho nitro benzene ring substituents is 1. The minimum atomic E-state index is -0.433. The van der Waals surface area contributed by atoms with E-state index in [-0.39, 0.29) is 47.8 Å². The number of carbonyl (C=O) groups is 2. The number of imide groups is 1. The topological polar surface area (TPSA) is 102 Å². The summed E-state index contributed by atoms with van der Waals surface area (Å²) in [5.74, 6) is 1.33. The molecule has 1 saturated heterocycles. The van der Waals surface area contributed by atoms with Crippen molar-refractivity contribution in [3.05, 3.63) is 76.9 Å². The molecule has 6 atom stereocenters. The van der Waals surface area contributed by atoms with Gasteiger partial charge in [-0.15, -0.1) is 0 Å². The van der Waals surface area contributed by atoms with Gasteiger partial charge in [-0.1, -0.05) is 12.2 Å². The van der Waals surface area contributed by atoms with Crippen LogP contribution in [-0.4, -0.2) is 28.0 Å². The summed E-state index contributed by atoms with van der Waals surface area (Å²) in [7, 11) is 0. The number of nitro groups is 1. The minimum Gasteiger partial charge on any atom is -0.487 e. The van der Waals surface area contributed by atoms with Crippen LogP contribution in [0.1, 0.15) is 17.5 Å². The van der Waals surface area contributed by atoms with Gasteiger partial charge in [0.25, 0.3) is 17.5 Å². The smallest absolute Gasteiger partial charge is 0.269 e. The summed E-state index contributed by atoms with van der Waals surface area (Å²) in [5.41, 5.74) is 1.62. The number of ether oxygens (including phenoxy) is 1. The lowest BCUT2D eigenvalue weighted by molar-refractivity contribution is -0.384. The number of nitro benzene ring substituents is 1. The summed E-state index contributed by atoms with van der Waals surface area (Å²) in [4.78, 5) is 36.6. The normalized spacial score (nSPS) is 30.1. The summed E-state index contributed by atoms with van der Waals surface area (Å²) in [6.45, 7) is 0.273. The molecule has 1 aliphatic heterocycles. The van der Waals surface area contributed by atoms with Crippen LogP contribution >= 0.6 is 45.2 Å². The van der Waals surface area contributed by atoms with Crippen molar-refractivity contribution in [2.24, 2.45) is 40.6 Å². The lowest BCUT2D eigenvalue weighted by atomic mass is 9.63. The first-order chi connectivity index (χ1) is 16.8. The quantitative estimate of drug-likeness (QED) is 0.108. The van der Waals surface area contributed by atoms with E-state index in [1.165, 1.54) is 12.1 Å². The summed E-state index contributed by atoms with van der Waals surface area (Å²) in [5, 5.41) is 16.2. The molecule has 35 heavy (non-hydrogen) atoms. The van der Waals surface area contributed by atoms with Crippen molar-refractivity contribution < 1.29 is 19.2 Å². The molecule has 0 spiro atoms. The Kier molecular flexibility index (Phi) is 5.70. The molecule has 8 nitrogen and oxygen atoms in total. The molecule has 0 aromatic heterocycles. The number of benzene rings is 2. The van der Waals surface area contributed by atoms with Gasteiger partial charge in [0, 0.05) is 12.1 Å². The fourth-order valence-electron chi connectivity index (χ4n) is 5.84. The lowest BCUT2D eigenvalue weighted by Crippen LogP contribution is -2.40. The molecule has 0 radical (unpaired) electrons. The zero-order valence-electron chi connectivity index (χ0n) is 18.2. The van der Waals surface area contributed by atoms with E-state index in [1.54, 1.807) is 18.3 Å². The minimum absolute atomic E-state index is 0.0384. The van der Waals surface area contributed by atoms with Gasteiger partial charge >= 0.3 is 0 Å². The lowest BCUT2D eigenvalue weighted by Gasteiger charge is -2.37. The second kappa shape index (κ2) is 8.64. The molecule has 0 unspecified atom stereocenters. The molecule has 2 aromatic rings. The number of nitrogens with zero attached hydrogens (tertiary/aromatic N) is 3. The van der Waals surface area contributed by atoms with Crippen molar-refractivity contribution in [1.29, 1.82) is 0 Å². The van der Waals surface area contributed by atoms with E-state index in [2.05, 4.69) is 62.4 Å². The van der Waals surface area contributed by atoms with Gasteiger partial charge in [-0.3, -0.25) is 19.7 Å². The Morgan fingerprint density at radius 2 is 1.60 bits per heavy atom. The van der Waals surface area contributed by atoms with Gasteiger partial charge in [-0.2, -0.15) is 10.1 Å². The third-order valence-corrected chi connectivity index (χ3v) is 9.12. The van der Waals surface area contributed by atoms with E-state index in [1.807, 2.05) is 12.1 Å². The largest absolute Gasteiger partial charge is 0.487 e. The molecule has 1 heterocycles. The molecule has 2 bridgehead atoms. The highest BCUT2D eigenvalue weighted by atomic mass is 127. The Morgan fingerprint density at radius 1 is 1.03 bits per heavy atom. The number of hydrogen-bond donors (Lipinski definition) is 0. The van der Waals surface area contributed by atoms with Gasteiger partial charge in [0.2, 0.25) is 0 Å². The van der Waals surface area contributed by atoms with E-state index >= 15 is 0 Å². The average Bonchev–Trinajstić information content (AvgIpc) is 3.62. The van der Waals surface area contributed by atoms with Gasteiger partial charge in [0.05, 0.1) is 30.1 Å². The molecular weight excluding hydrogens is 676 g/mol. The number of hydrogen-bond acceptors (Lipinski definition) is 6. The van der Waals surface area contributed by atoms with Crippen LogP contribution in [0.3, 0.4) is 0 Å². The fraction of sp³-hybridized carbons (Fsp3) is 0.320. The highest BCUT2D eigenvalue weighted by Gasteiger charge is 2.67. The predicted molar refractivity (Wildman–Crippen MR) is 143 cm³/mol. The highest BCUT2D eigenvalue weighted by Crippen LogP contribution is 2.65. The van der Waals surface area contributed by atoms with Gasteiger partial charge in [0.1, 0.15) is 12.4 Å². The van der Waals surface area contributed by atoms with Crippen molar-refractivity contribution in [1.82, 2.24) is 5.01 Å². The summed E-state index contributed by atoms with van der Waals surface area (Å²) in [6, 6.07) is 10.0. The zero-order valence-corrected chi connectivity index (χ0v) is 22.5. The van der Waals surface area contributed by atoms with Crippen LogP contribution in [0.4, 0.5) is 5.69 Å². The molecule has 10 heteroatoms. The molecule has 0 N–H and O–H groups in total. The first kappa shape index (κ1) is 23.1. The molecular formula is C25H19I2N3O5. The third-order valence-electron chi connectivity index (χ3n) is 7.51. The summed E-state index contributed by atoms with van der Waals surface area (Å²) in [6.07, 6.45) is 7.00. The number of carbonyl (C=O) groups excluding carboxylic acids is 2. The molecule has 2 amide bonds. The van der Waals surface area contributed by atoms with Crippen LogP contribution in [0.25, 0.3) is 0 Å². The number of halogens is 2. The standard InChI is InChI=1S/C25H19I2N3O5/c26-19-7-13(8-20(27)23(19)35-11-12-1-3-14(4-2-12)30(33)34)10-28-29-24(31)21-15-5-6-16(18-9-17(15)18)22(21)25(29)32/h1-8,10,15-18,21-22H,9,11H2/b28-10-/t15-,16-,17-,18-,21+,22+/m0/s1. The first-order valence-electron chi connectivity index (χ1n) is 11.3. The maximum absolute atomic E-state index is 13.1. The number of rotatable bonds is 6. The Bertz CT molecular complexity index is 1270. The van der Waals surface area contributed by atoms with Crippen molar-refractivity contribution in [3.8, 4) is 5.75 Å². The highest BCUT2D eigenvalue weighted by molar-refractivity contribution is 14.1. The van der Waals surface area contributed by atoms with Gasteiger partial charge in [-0.05, 0) is 111 Å². The van der Waals surface area contributed by atoms with E-state index in [9.17, 15) is 19.7 Å². The van der Waals surface area contributed by atoms with Crippen LogP contribution in [0.5, 0.6) is 5.75 Å². The molecule has 4 aliphatic carbocycles. The van der Waals surface area contributed by atoms with Crippen LogP contribution in [0.2, 0.25) is 0 Å². The Hall–Kier alpha value is -2.35. The van der Waals surface area contributed by atoms with Crippen LogP contribution < -0.4 is 4.74 Å². The molecule has 2 saturated carbocycles. The van der Waals surface area contributed by atoms with Crippen molar-refractivity contribution in [2.45, 2.75) is 13.0 Å². The molecule has 2 aromatic carbocycles. The van der Waals surface area contributed by atoms with Gasteiger partial charge < -0.3 is 4.74 Å². The zero-order chi connectivity index (χ0) is 24.4. The van der Waals surface area contributed by atoms with Gasteiger partial charge in [0.15, 0.2) is 0 Å². The molecule has 178 valence electrons. The third kappa shape index (κ3) is 3.88. The van der Waals surface area contributed by atoms with Crippen molar-refractivity contribution >= 4 is 68.9 Å². The Balaban J connectivity index is 1.16. The van der Waals surface area contributed by atoms with Gasteiger partial charge in [-0.25, -0.2) is 0 Å². The monoisotopic (exact) mass is 695 g/mol. The molecule has 5 aliphatic rings. The maximum atomic E-state index is 13.1. The maximum Gasteiger partial charge on any atom is 0.269 e. The van der Waals surface area contributed by atoms with Crippen LogP contribution in [0.15, 0.2) is 53.7 Å². The summed E-state index contributed by atoms with van der Waals surface area (Å²) >= 11 is 4.35. The second-order valence-electron chi connectivity index (χ2n) is 9.41. The number of amides is 2. The van der Waals surface area contributed by atoms with Crippen molar-refractivity contribution in [2.75, 3.05) is 0 Å². The van der Waals surface area contributed by atoms with E-state index < -0.39 is 4.92 Å². The van der Waals surface area contributed by atoms with E-state index in [4.69, 9.17) is 4.74 Å². The summed E-state index contributed by atoms with van der Waals surface area (Å²) < 4.78 is 7.68. The van der Waals surface area contributed by atoms with Crippen molar-refractivity contribution in [3.63, 3.8) is 0 Å². The Labute approximate surface area is 228 Å². The number of hydrazone groups is 1. The fourth-order valence-corrected chi connectivity index (χ4v) is 7.97. The number of allylic oxidation sites excluding steroid dienone is 2. The van der Waals surface area contributed by atoms with Crippen LogP contribution in [-0.2, 0) is 16.2 Å². The first-order valence-corrected chi connectivity index (χ1v) is 13.4.